The Morgan fingerprint density at radius 3 is 2.77 bits per heavy atom. The van der Waals surface area contributed by atoms with Crippen molar-refractivity contribution in [2.75, 3.05) is 26.3 Å². The molecule has 1 amide bonds. The number of carbonyl (C=O) groups is 1. The number of nitrogens with zero attached hydrogens (tertiary/aromatic N) is 1. The molecule has 0 radical (unpaired) electrons. The molecule has 0 bridgehead atoms. The number of aryl methyl sites for hydroxylation is 1. The highest BCUT2D eigenvalue weighted by molar-refractivity contribution is 5.94. The first-order valence-corrected chi connectivity index (χ1v) is 7.98. The normalized spacial score (nSPS) is 26.0. The fourth-order valence-electron chi connectivity index (χ4n) is 3.29. The van der Waals surface area contributed by atoms with Crippen molar-refractivity contribution < 1.29 is 9.53 Å². The summed E-state index contributed by atoms with van der Waals surface area (Å²) in [5.41, 5.74) is 0.567. The molecule has 120 valence electrons. The van der Waals surface area contributed by atoms with Gasteiger partial charge in [0.1, 0.15) is 5.56 Å². The van der Waals surface area contributed by atoms with Crippen LogP contribution in [0.1, 0.15) is 35.3 Å². The zero-order chi connectivity index (χ0) is 15.5. The van der Waals surface area contributed by atoms with Crippen LogP contribution in [0.4, 0.5) is 0 Å². The number of hydrogen-bond donors (Lipinski definition) is 2. The fourth-order valence-corrected chi connectivity index (χ4v) is 3.29. The average molecular weight is 305 g/mol. The van der Waals surface area contributed by atoms with Gasteiger partial charge in [-0.2, -0.15) is 0 Å². The predicted octanol–water partition coefficient (Wildman–Crippen LogP) is 0.666. The van der Waals surface area contributed by atoms with Crippen molar-refractivity contribution in [2.45, 2.75) is 38.3 Å². The molecule has 1 aromatic heterocycles. The average Bonchev–Trinajstić information content (AvgIpc) is 2.96. The molecule has 6 nitrogen and oxygen atoms in total. The minimum absolute atomic E-state index is 0.0497. The van der Waals surface area contributed by atoms with Crippen LogP contribution in [0.25, 0.3) is 0 Å². The molecule has 1 aromatic rings. The highest BCUT2D eigenvalue weighted by Crippen LogP contribution is 2.19. The van der Waals surface area contributed by atoms with Crippen LogP contribution in [0.15, 0.2) is 16.9 Å². The summed E-state index contributed by atoms with van der Waals surface area (Å²) in [6.45, 7) is 5.07. The van der Waals surface area contributed by atoms with Crippen LogP contribution in [0.2, 0.25) is 0 Å². The van der Waals surface area contributed by atoms with E-state index in [2.05, 4.69) is 15.2 Å². The van der Waals surface area contributed by atoms with Gasteiger partial charge >= 0.3 is 0 Å². The molecule has 2 saturated heterocycles. The maximum atomic E-state index is 12.4. The van der Waals surface area contributed by atoms with Gasteiger partial charge in [0.2, 0.25) is 0 Å². The lowest BCUT2D eigenvalue weighted by atomic mass is 10.0. The number of pyridine rings is 1. The molecule has 2 fully saturated rings. The van der Waals surface area contributed by atoms with Crippen LogP contribution < -0.4 is 10.9 Å². The summed E-state index contributed by atoms with van der Waals surface area (Å²) >= 11 is 0. The molecule has 2 aliphatic heterocycles. The van der Waals surface area contributed by atoms with E-state index >= 15 is 0 Å². The SMILES string of the molecule is Cc1ccc(C(=O)N[C@@H]2COC[C@H]2N2CCCCC2)c(=O)[nH]1. The lowest BCUT2D eigenvalue weighted by Gasteiger charge is -2.34. The summed E-state index contributed by atoms with van der Waals surface area (Å²) < 4.78 is 5.57. The molecule has 0 aliphatic carbocycles. The van der Waals surface area contributed by atoms with Crippen LogP contribution in [0, 0.1) is 6.92 Å². The minimum atomic E-state index is -0.342. The lowest BCUT2D eigenvalue weighted by Crippen LogP contribution is -2.52. The van der Waals surface area contributed by atoms with E-state index in [9.17, 15) is 9.59 Å². The molecule has 0 unspecified atom stereocenters. The molecule has 0 saturated carbocycles. The molecule has 6 heteroatoms. The smallest absolute Gasteiger partial charge is 0.260 e. The number of aromatic nitrogens is 1. The molecule has 3 rings (SSSR count). The number of piperidine rings is 1. The largest absolute Gasteiger partial charge is 0.378 e. The third-order valence-corrected chi connectivity index (χ3v) is 4.53. The van der Waals surface area contributed by atoms with E-state index in [1.807, 2.05) is 0 Å². The molecule has 22 heavy (non-hydrogen) atoms. The summed E-state index contributed by atoms with van der Waals surface area (Å²) in [5, 5.41) is 2.98. The van der Waals surface area contributed by atoms with Crippen LogP contribution in [0.3, 0.4) is 0 Å². The minimum Gasteiger partial charge on any atom is -0.378 e. The molecule has 2 atom stereocenters. The molecule has 0 aromatic carbocycles. The third kappa shape index (κ3) is 3.23. The highest BCUT2D eigenvalue weighted by Gasteiger charge is 2.35. The zero-order valence-electron chi connectivity index (χ0n) is 12.9. The third-order valence-electron chi connectivity index (χ3n) is 4.53. The van der Waals surface area contributed by atoms with Gasteiger partial charge in [0.15, 0.2) is 0 Å². The molecule has 0 spiro atoms. The van der Waals surface area contributed by atoms with Gasteiger partial charge in [-0.05, 0) is 45.0 Å². The molecule has 2 aliphatic rings. The maximum Gasteiger partial charge on any atom is 0.260 e. The van der Waals surface area contributed by atoms with Crippen molar-refractivity contribution in [3.8, 4) is 0 Å². The molecular formula is C16H23N3O3. The first-order valence-electron chi connectivity index (χ1n) is 7.98. The summed E-state index contributed by atoms with van der Waals surface area (Å²) in [5.74, 6) is -0.321. The van der Waals surface area contributed by atoms with Gasteiger partial charge in [0.25, 0.3) is 11.5 Å². The Morgan fingerprint density at radius 1 is 1.27 bits per heavy atom. The standard InChI is InChI=1S/C16H23N3O3/c1-11-5-6-12(15(20)17-11)16(21)18-13-9-22-10-14(13)19-7-3-2-4-8-19/h5-6,13-14H,2-4,7-10H2,1H3,(H,17,20)(H,18,21)/t13-,14-/m1/s1. The van der Waals surface area contributed by atoms with E-state index < -0.39 is 0 Å². The van der Waals surface area contributed by atoms with Crippen molar-refractivity contribution in [1.82, 2.24) is 15.2 Å². The van der Waals surface area contributed by atoms with E-state index in [-0.39, 0.29) is 29.1 Å². The van der Waals surface area contributed by atoms with Gasteiger partial charge in [-0.3, -0.25) is 14.5 Å². The first kappa shape index (κ1) is 15.2. The van der Waals surface area contributed by atoms with Gasteiger partial charge in [-0.15, -0.1) is 0 Å². The number of aromatic amines is 1. The Labute approximate surface area is 129 Å². The Bertz CT molecular complexity index is 593. The van der Waals surface area contributed by atoms with E-state index in [1.165, 1.54) is 19.3 Å². The number of nitrogens with one attached hydrogen (secondary N) is 2. The summed E-state index contributed by atoms with van der Waals surface area (Å²) in [7, 11) is 0. The summed E-state index contributed by atoms with van der Waals surface area (Å²) in [6.07, 6.45) is 3.68. The van der Waals surface area contributed by atoms with Gasteiger partial charge in [0, 0.05) is 5.69 Å². The van der Waals surface area contributed by atoms with Crippen LogP contribution in [0.5, 0.6) is 0 Å². The second-order valence-corrected chi connectivity index (χ2v) is 6.17. The van der Waals surface area contributed by atoms with E-state index in [1.54, 1.807) is 19.1 Å². The van der Waals surface area contributed by atoms with E-state index in [0.29, 0.717) is 13.2 Å². The number of H-pyrrole nitrogens is 1. The number of rotatable bonds is 3. The van der Waals surface area contributed by atoms with Crippen molar-refractivity contribution >= 4 is 5.91 Å². The second kappa shape index (κ2) is 6.62. The molecule has 3 heterocycles. The Balaban J connectivity index is 1.68. The van der Waals surface area contributed by atoms with Crippen LogP contribution >= 0.6 is 0 Å². The fraction of sp³-hybridized carbons (Fsp3) is 0.625. The highest BCUT2D eigenvalue weighted by atomic mass is 16.5. The summed E-state index contributed by atoms with van der Waals surface area (Å²) in [6, 6.07) is 3.48. The number of amides is 1. The quantitative estimate of drug-likeness (QED) is 0.860. The van der Waals surface area contributed by atoms with Gasteiger partial charge in [0.05, 0.1) is 25.3 Å². The topological polar surface area (TPSA) is 74.4 Å². The van der Waals surface area contributed by atoms with Crippen LogP contribution in [-0.2, 0) is 4.74 Å². The van der Waals surface area contributed by atoms with Crippen molar-refractivity contribution in [3.05, 3.63) is 33.7 Å². The predicted molar refractivity (Wildman–Crippen MR) is 83.1 cm³/mol. The lowest BCUT2D eigenvalue weighted by molar-refractivity contribution is 0.0898. The number of ether oxygens (including phenoxy) is 1. The maximum absolute atomic E-state index is 12.4. The van der Waals surface area contributed by atoms with Gasteiger partial charge in [-0.1, -0.05) is 6.42 Å². The number of carbonyl (C=O) groups excluding carboxylic acids is 1. The van der Waals surface area contributed by atoms with Gasteiger partial charge in [-0.25, -0.2) is 0 Å². The Hall–Kier alpha value is -1.66. The second-order valence-electron chi connectivity index (χ2n) is 6.17. The Kier molecular flexibility index (Phi) is 4.59. The van der Waals surface area contributed by atoms with Crippen molar-refractivity contribution in [1.29, 1.82) is 0 Å². The van der Waals surface area contributed by atoms with Crippen molar-refractivity contribution in [3.63, 3.8) is 0 Å². The van der Waals surface area contributed by atoms with E-state index in [0.717, 1.165) is 18.8 Å². The monoisotopic (exact) mass is 305 g/mol. The molecule has 2 N–H and O–H groups in total. The Morgan fingerprint density at radius 2 is 2.05 bits per heavy atom. The molecular weight excluding hydrogens is 282 g/mol. The zero-order valence-corrected chi connectivity index (χ0v) is 12.9. The summed E-state index contributed by atoms with van der Waals surface area (Å²) in [4.78, 5) is 29.3. The first-order chi connectivity index (χ1) is 10.6. The number of likely N-dealkylation sites (tertiary alicyclic amines) is 1. The number of hydrogen-bond acceptors (Lipinski definition) is 4. The van der Waals surface area contributed by atoms with E-state index in [4.69, 9.17) is 4.74 Å². The van der Waals surface area contributed by atoms with Crippen molar-refractivity contribution in [2.24, 2.45) is 0 Å². The van der Waals surface area contributed by atoms with Crippen LogP contribution in [-0.4, -0.2) is 54.2 Å². The van der Waals surface area contributed by atoms with Gasteiger partial charge < -0.3 is 15.0 Å².